The van der Waals surface area contributed by atoms with E-state index in [2.05, 4.69) is 22.4 Å². The summed E-state index contributed by atoms with van der Waals surface area (Å²) in [6.45, 7) is 3.06. The standard InChI is InChI=1S/C15H19NO2.C14H9F6NO.C2HF3O/c1-3-18-15(17)13-8-12(9-14(10-13)16-2)11-6-4-5-7-11;1-7-2-9(14(18,19)20)5-21-13(7)22-6-8-3-11(16)12(17)4-10(8)15;3-2(4,5)1-6/h6,8-10,16H,3-5,7H2,1-2H3;2-5H,6H2,1H3;1H. The molecule has 0 spiro atoms. The highest BCUT2D eigenvalue weighted by atomic mass is 19.4. The summed E-state index contributed by atoms with van der Waals surface area (Å²) in [6, 6.07) is 7.64. The van der Waals surface area contributed by atoms with Gasteiger partial charge in [0, 0.05) is 36.1 Å². The second-order valence-corrected chi connectivity index (χ2v) is 9.54. The first-order valence-corrected chi connectivity index (χ1v) is 13.5. The number of alkyl halides is 6. The highest BCUT2D eigenvalue weighted by molar-refractivity contribution is 5.92. The number of nitrogens with one attached hydrogen (secondary N) is 1. The van der Waals surface area contributed by atoms with Crippen LogP contribution in [0.15, 0.2) is 48.7 Å². The van der Waals surface area contributed by atoms with Gasteiger partial charge in [-0.1, -0.05) is 6.08 Å². The number of allylic oxidation sites excluding steroid dienone is 2. The third-order valence-electron chi connectivity index (χ3n) is 6.09. The average molecular weight is 665 g/mol. The van der Waals surface area contributed by atoms with Crippen molar-refractivity contribution in [2.24, 2.45) is 0 Å². The maximum absolute atomic E-state index is 13.4. The minimum absolute atomic E-state index is 0.0813. The molecule has 1 N–H and O–H groups in total. The van der Waals surface area contributed by atoms with E-state index in [1.165, 1.54) is 18.9 Å². The molecule has 0 atom stereocenters. The summed E-state index contributed by atoms with van der Waals surface area (Å²) in [4.78, 5) is 24.0. The summed E-state index contributed by atoms with van der Waals surface area (Å²) in [6.07, 6.45) is -3.99. The van der Waals surface area contributed by atoms with E-state index in [1.54, 1.807) is 0 Å². The van der Waals surface area contributed by atoms with Crippen molar-refractivity contribution >= 4 is 23.5 Å². The highest BCUT2D eigenvalue weighted by Crippen LogP contribution is 2.32. The van der Waals surface area contributed by atoms with Crippen molar-refractivity contribution < 1.29 is 58.6 Å². The first-order chi connectivity index (χ1) is 21.5. The predicted octanol–water partition coefficient (Wildman–Crippen LogP) is 8.63. The summed E-state index contributed by atoms with van der Waals surface area (Å²) in [5.74, 6) is -4.03. The van der Waals surface area contributed by atoms with Gasteiger partial charge < -0.3 is 14.8 Å². The Labute approximate surface area is 258 Å². The molecule has 0 radical (unpaired) electrons. The van der Waals surface area contributed by atoms with Gasteiger partial charge in [0.2, 0.25) is 12.2 Å². The maximum atomic E-state index is 13.4. The Hall–Kier alpha value is -4.56. The monoisotopic (exact) mass is 664 g/mol. The second-order valence-electron chi connectivity index (χ2n) is 9.54. The summed E-state index contributed by atoms with van der Waals surface area (Å²) in [5.41, 5.74) is 2.88. The number of halogens is 9. The predicted molar refractivity (Wildman–Crippen MR) is 151 cm³/mol. The maximum Gasteiger partial charge on any atom is 0.446 e. The van der Waals surface area contributed by atoms with E-state index in [4.69, 9.17) is 14.3 Å². The average Bonchev–Trinajstić information content (AvgIpc) is 3.54. The van der Waals surface area contributed by atoms with Crippen LogP contribution in [-0.4, -0.2) is 37.1 Å². The summed E-state index contributed by atoms with van der Waals surface area (Å²) < 4.78 is 118. The molecule has 1 heterocycles. The molecule has 15 heteroatoms. The number of pyridine rings is 1. The van der Waals surface area contributed by atoms with E-state index in [1.807, 2.05) is 26.1 Å². The van der Waals surface area contributed by atoms with Crippen LogP contribution >= 0.6 is 0 Å². The van der Waals surface area contributed by atoms with Gasteiger partial charge in [-0.2, -0.15) is 26.3 Å². The summed E-state index contributed by atoms with van der Waals surface area (Å²) in [7, 11) is 1.86. The van der Waals surface area contributed by atoms with Crippen molar-refractivity contribution in [2.75, 3.05) is 19.0 Å². The molecule has 250 valence electrons. The number of aromatic nitrogens is 1. The Bertz CT molecular complexity index is 1540. The zero-order valence-corrected chi connectivity index (χ0v) is 24.7. The lowest BCUT2D eigenvalue weighted by Gasteiger charge is -2.11. The molecule has 0 saturated carbocycles. The fraction of sp³-hybridized carbons (Fsp3) is 0.323. The number of hydrogen-bond acceptors (Lipinski definition) is 6. The van der Waals surface area contributed by atoms with Crippen molar-refractivity contribution in [3.05, 3.63) is 93.9 Å². The van der Waals surface area contributed by atoms with Crippen LogP contribution in [0, 0.1) is 24.4 Å². The number of benzene rings is 2. The van der Waals surface area contributed by atoms with Gasteiger partial charge in [-0.05, 0) is 74.6 Å². The third-order valence-corrected chi connectivity index (χ3v) is 6.09. The van der Waals surface area contributed by atoms with Crippen molar-refractivity contribution in [3.63, 3.8) is 0 Å². The Morgan fingerprint density at radius 3 is 2.15 bits per heavy atom. The zero-order valence-electron chi connectivity index (χ0n) is 24.7. The second kappa shape index (κ2) is 16.7. The SMILES string of the molecule is CCOC(=O)c1cc(NC)cc(C2=CCCC2)c1.Cc1cc(C(F)(F)F)cnc1OCc1cc(F)c(F)cc1F.O=CC(F)(F)F. The van der Waals surface area contributed by atoms with E-state index in [9.17, 15) is 44.3 Å². The Morgan fingerprint density at radius 1 is 0.978 bits per heavy atom. The van der Waals surface area contributed by atoms with Gasteiger partial charge in [0.25, 0.3) is 0 Å². The van der Waals surface area contributed by atoms with Gasteiger partial charge >= 0.3 is 18.3 Å². The molecule has 1 aromatic heterocycles. The third kappa shape index (κ3) is 11.7. The first kappa shape index (κ1) is 37.6. The molecule has 0 saturated heterocycles. The Balaban J connectivity index is 0.000000276. The number of ether oxygens (including phenoxy) is 2. The number of anilines is 1. The van der Waals surface area contributed by atoms with Gasteiger partial charge in [0.05, 0.1) is 17.7 Å². The van der Waals surface area contributed by atoms with E-state index in [0.29, 0.717) is 30.5 Å². The lowest BCUT2D eigenvalue weighted by Crippen LogP contribution is -2.08. The lowest BCUT2D eigenvalue weighted by molar-refractivity contribution is -0.156. The van der Waals surface area contributed by atoms with Gasteiger partial charge in [-0.3, -0.25) is 4.79 Å². The quantitative estimate of drug-likeness (QED) is 0.118. The van der Waals surface area contributed by atoms with Crippen LogP contribution in [0.3, 0.4) is 0 Å². The molecule has 0 aliphatic heterocycles. The number of rotatable bonds is 7. The summed E-state index contributed by atoms with van der Waals surface area (Å²) in [5, 5.41) is 3.09. The number of esters is 1. The summed E-state index contributed by atoms with van der Waals surface area (Å²) >= 11 is 0. The fourth-order valence-corrected chi connectivity index (χ4v) is 3.91. The molecule has 0 fully saturated rings. The van der Waals surface area contributed by atoms with Gasteiger partial charge in [0.1, 0.15) is 12.4 Å². The first-order valence-electron chi connectivity index (χ1n) is 13.5. The molecule has 6 nitrogen and oxygen atoms in total. The van der Waals surface area contributed by atoms with Crippen molar-refractivity contribution in [2.45, 2.75) is 52.1 Å². The Kier molecular flexibility index (Phi) is 13.6. The fourth-order valence-electron chi connectivity index (χ4n) is 3.91. The van der Waals surface area contributed by atoms with Gasteiger partial charge in [-0.15, -0.1) is 0 Å². The van der Waals surface area contributed by atoms with Crippen LogP contribution in [0.2, 0.25) is 0 Å². The normalized spacial score (nSPS) is 12.6. The molecule has 0 unspecified atom stereocenters. The highest BCUT2D eigenvalue weighted by Gasteiger charge is 2.31. The number of aryl methyl sites for hydroxylation is 1. The van der Waals surface area contributed by atoms with E-state index in [0.717, 1.165) is 30.2 Å². The molecule has 0 bridgehead atoms. The molecule has 2 aromatic carbocycles. The van der Waals surface area contributed by atoms with E-state index < -0.39 is 48.3 Å². The smallest absolute Gasteiger partial charge is 0.446 e. The molecular weight excluding hydrogens is 635 g/mol. The van der Waals surface area contributed by atoms with Crippen LogP contribution < -0.4 is 10.1 Å². The van der Waals surface area contributed by atoms with Crippen LogP contribution in [0.5, 0.6) is 5.88 Å². The topological polar surface area (TPSA) is 77.5 Å². The Morgan fingerprint density at radius 2 is 1.63 bits per heavy atom. The van der Waals surface area contributed by atoms with Crippen molar-refractivity contribution in [1.29, 1.82) is 0 Å². The number of carbonyl (C=O) groups excluding carboxylic acids is 2. The van der Waals surface area contributed by atoms with Crippen LogP contribution in [-0.2, 0) is 22.3 Å². The number of carbonyl (C=O) groups is 2. The van der Waals surface area contributed by atoms with Crippen LogP contribution in [0.1, 0.15) is 58.8 Å². The molecule has 46 heavy (non-hydrogen) atoms. The van der Waals surface area contributed by atoms with Crippen LogP contribution in [0.25, 0.3) is 5.57 Å². The van der Waals surface area contributed by atoms with E-state index >= 15 is 0 Å². The molecule has 1 aliphatic rings. The van der Waals surface area contributed by atoms with E-state index in [-0.39, 0.29) is 23.0 Å². The lowest BCUT2D eigenvalue weighted by atomic mass is 10.0. The molecule has 0 amide bonds. The molecule has 1 aliphatic carbocycles. The largest absolute Gasteiger partial charge is 0.472 e. The zero-order chi connectivity index (χ0) is 34.7. The van der Waals surface area contributed by atoms with Crippen molar-refractivity contribution in [1.82, 2.24) is 4.98 Å². The minimum Gasteiger partial charge on any atom is -0.472 e. The van der Waals surface area contributed by atoms with Gasteiger partial charge in [-0.25, -0.2) is 22.9 Å². The number of nitrogens with zero attached hydrogens (tertiary/aromatic N) is 1. The molecule has 4 rings (SSSR count). The van der Waals surface area contributed by atoms with Crippen molar-refractivity contribution in [3.8, 4) is 5.88 Å². The number of aldehydes is 1. The molecular formula is C31H29F9N2O4. The number of hydrogen-bond donors (Lipinski definition) is 1. The van der Waals surface area contributed by atoms with Gasteiger partial charge in [0.15, 0.2) is 11.6 Å². The molecule has 3 aromatic rings. The van der Waals surface area contributed by atoms with Crippen LogP contribution in [0.4, 0.5) is 45.2 Å². The minimum atomic E-state index is -4.64.